The average Bonchev–Trinajstić information content (AvgIpc) is 2.26. The van der Waals surface area contributed by atoms with Crippen molar-refractivity contribution in [3.8, 4) is 0 Å². The van der Waals surface area contributed by atoms with Crippen molar-refractivity contribution >= 4 is 5.91 Å². The maximum absolute atomic E-state index is 12.0. The molecule has 16 heavy (non-hydrogen) atoms. The molecule has 0 aromatic rings. The summed E-state index contributed by atoms with van der Waals surface area (Å²) in [6.45, 7) is 8.77. The Hall–Kier alpha value is -0.570. The van der Waals surface area contributed by atoms with E-state index in [4.69, 9.17) is 5.73 Å². The normalized spacial score (nSPS) is 23.6. The lowest BCUT2D eigenvalue weighted by atomic mass is 9.89. The van der Waals surface area contributed by atoms with Crippen LogP contribution < -0.4 is 5.73 Å². The first-order chi connectivity index (χ1) is 7.54. The fourth-order valence-corrected chi connectivity index (χ4v) is 2.54. The van der Waals surface area contributed by atoms with Crippen molar-refractivity contribution in [1.82, 2.24) is 4.90 Å². The summed E-state index contributed by atoms with van der Waals surface area (Å²) in [6, 6.07) is 0. The Morgan fingerprint density at radius 2 is 2.12 bits per heavy atom. The lowest BCUT2D eigenvalue weighted by Gasteiger charge is -2.35. The van der Waals surface area contributed by atoms with Crippen molar-refractivity contribution in [2.45, 2.75) is 40.0 Å². The fourth-order valence-electron chi connectivity index (χ4n) is 2.54. The van der Waals surface area contributed by atoms with E-state index in [0.717, 1.165) is 25.4 Å². The van der Waals surface area contributed by atoms with Crippen LogP contribution in [0.5, 0.6) is 0 Å². The Labute approximate surface area is 99.4 Å². The smallest absolute Gasteiger partial charge is 0.226 e. The first kappa shape index (κ1) is 13.5. The van der Waals surface area contributed by atoms with Gasteiger partial charge in [0.2, 0.25) is 5.91 Å². The molecule has 1 aliphatic rings. The molecule has 1 fully saturated rings. The Kier molecular flexibility index (Phi) is 5.26. The average molecular weight is 226 g/mol. The molecule has 3 nitrogen and oxygen atoms in total. The highest BCUT2D eigenvalue weighted by Crippen LogP contribution is 2.23. The second-order valence-electron chi connectivity index (χ2n) is 5.56. The van der Waals surface area contributed by atoms with E-state index in [9.17, 15) is 4.79 Å². The number of nitrogens with two attached hydrogens (primary N) is 1. The van der Waals surface area contributed by atoms with Crippen LogP contribution in [0.15, 0.2) is 0 Å². The van der Waals surface area contributed by atoms with Crippen LogP contribution in [0.1, 0.15) is 40.0 Å². The fraction of sp³-hybridized carbons (Fsp3) is 0.923. The summed E-state index contributed by atoms with van der Waals surface area (Å²) in [7, 11) is 0. The third kappa shape index (κ3) is 3.78. The molecule has 1 saturated heterocycles. The second kappa shape index (κ2) is 6.24. The molecule has 2 N–H and O–H groups in total. The van der Waals surface area contributed by atoms with Gasteiger partial charge in [0.1, 0.15) is 0 Å². The molecular formula is C13H26N2O. The summed E-state index contributed by atoms with van der Waals surface area (Å²) >= 11 is 0. The molecule has 3 heteroatoms. The second-order valence-corrected chi connectivity index (χ2v) is 5.56. The van der Waals surface area contributed by atoms with Crippen LogP contribution in [0.25, 0.3) is 0 Å². The van der Waals surface area contributed by atoms with Crippen molar-refractivity contribution in [2.75, 3.05) is 19.6 Å². The van der Waals surface area contributed by atoms with E-state index in [0.29, 0.717) is 12.5 Å². The lowest BCUT2D eigenvalue weighted by Crippen LogP contribution is -2.44. The number of hydrogen-bond donors (Lipinski definition) is 1. The number of rotatable bonds is 4. The quantitative estimate of drug-likeness (QED) is 0.795. The van der Waals surface area contributed by atoms with Gasteiger partial charge in [-0.05, 0) is 31.1 Å². The summed E-state index contributed by atoms with van der Waals surface area (Å²) in [5, 5.41) is 0. The van der Waals surface area contributed by atoms with Crippen LogP contribution in [0.4, 0.5) is 0 Å². The summed E-state index contributed by atoms with van der Waals surface area (Å²) in [5.74, 6) is 1.66. The number of amides is 1. The minimum atomic E-state index is -0.0159. The number of nitrogens with zero attached hydrogens (tertiary/aromatic N) is 1. The van der Waals surface area contributed by atoms with Gasteiger partial charge in [-0.2, -0.15) is 0 Å². The Balaban J connectivity index is 2.46. The maximum atomic E-state index is 12.0. The highest BCUT2D eigenvalue weighted by atomic mass is 16.2. The molecule has 0 bridgehead atoms. The largest absolute Gasteiger partial charge is 0.342 e. The zero-order valence-corrected chi connectivity index (χ0v) is 10.9. The van der Waals surface area contributed by atoms with Crippen molar-refractivity contribution in [3.05, 3.63) is 0 Å². The molecule has 94 valence electrons. The van der Waals surface area contributed by atoms with Crippen molar-refractivity contribution in [2.24, 2.45) is 23.5 Å². The minimum Gasteiger partial charge on any atom is -0.342 e. The summed E-state index contributed by atoms with van der Waals surface area (Å²) in [4.78, 5) is 14.0. The van der Waals surface area contributed by atoms with Crippen LogP contribution in [0, 0.1) is 17.8 Å². The molecule has 2 unspecified atom stereocenters. The van der Waals surface area contributed by atoms with E-state index in [-0.39, 0.29) is 11.8 Å². The van der Waals surface area contributed by atoms with Crippen molar-refractivity contribution in [1.29, 1.82) is 0 Å². The number of likely N-dealkylation sites (tertiary alicyclic amines) is 1. The number of piperidine rings is 1. The van der Waals surface area contributed by atoms with Gasteiger partial charge < -0.3 is 10.6 Å². The van der Waals surface area contributed by atoms with Crippen LogP contribution in [0.2, 0.25) is 0 Å². The first-order valence-corrected chi connectivity index (χ1v) is 6.53. The Morgan fingerprint density at radius 3 is 2.69 bits per heavy atom. The van der Waals surface area contributed by atoms with Crippen LogP contribution >= 0.6 is 0 Å². The molecule has 1 aliphatic heterocycles. The summed E-state index contributed by atoms with van der Waals surface area (Å²) in [6.07, 6.45) is 3.67. The molecule has 0 radical (unpaired) electrons. The Morgan fingerprint density at radius 1 is 1.44 bits per heavy atom. The van der Waals surface area contributed by atoms with E-state index < -0.39 is 0 Å². The van der Waals surface area contributed by atoms with Gasteiger partial charge in [-0.25, -0.2) is 0 Å². The monoisotopic (exact) mass is 226 g/mol. The number of carbonyl (C=O) groups is 1. The van der Waals surface area contributed by atoms with E-state index in [1.165, 1.54) is 12.8 Å². The standard InChI is InChI=1S/C13H26N2O/c1-10(2)7-12-5-4-6-15(9-12)13(16)11(3)8-14/h10-12H,4-9,14H2,1-3H3. The van der Waals surface area contributed by atoms with Gasteiger partial charge in [-0.1, -0.05) is 20.8 Å². The molecule has 1 amide bonds. The van der Waals surface area contributed by atoms with E-state index in [1.54, 1.807) is 0 Å². The predicted octanol–water partition coefficient (Wildman–Crippen LogP) is 1.87. The molecule has 0 aromatic heterocycles. The van der Waals surface area contributed by atoms with Gasteiger partial charge >= 0.3 is 0 Å². The van der Waals surface area contributed by atoms with Crippen molar-refractivity contribution < 1.29 is 4.79 Å². The number of hydrogen-bond acceptors (Lipinski definition) is 2. The topological polar surface area (TPSA) is 46.3 Å². The molecular weight excluding hydrogens is 200 g/mol. The van der Waals surface area contributed by atoms with Gasteiger partial charge in [0.15, 0.2) is 0 Å². The summed E-state index contributed by atoms with van der Waals surface area (Å²) in [5.41, 5.74) is 5.55. The molecule has 0 spiro atoms. The SMILES string of the molecule is CC(C)CC1CCCN(C(=O)C(C)CN)C1. The van der Waals surface area contributed by atoms with Gasteiger partial charge in [0.05, 0.1) is 0 Å². The van der Waals surface area contributed by atoms with Gasteiger partial charge in [0.25, 0.3) is 0 Å². The zero-order chi connectivity index (χ0) is 12.1. The third-order valence-corrected chi connectivity index (χ3v) is 3.41. The molecule has 1 rings (SSSR count). The highest BCUT2D eigenvalue weighted by Gasteiger charge is 2.26. The first-order valence-electron chi connectivity index (χ1n) is 6.53. The lowest BCUT2D eigenvalue weighted by molar-refractivity contribution is -0.136. The van der Waals surface area contributed by atoms with E-state index in [1.807, 2.05) is 11.8 Å². The van der Waals surface area contributed by atoms with E-state index >= 15 is 0 Å². The Bertz CT molecular complexity index is 228. The molecule has 2 atom stereocenters. The van der Waals surface area contributed by atoms with Gasteiger partial charge in [0, 0.05) is 25.6 Å². The van der Waals surface area contributed by atoms with Crippen LogP contribution in [0.3, 0.4) is 0 Å². The molecule has 0 aromatic carbocycles. The highest BCUT2D eigenvalue weighted by molar-refractivity contribution is 5.78. The van der Waals surface area contributed by atoms with Crippen molar-refractivity contribution in [3.63, 3.8) is 0 Å². The van der Waals surface area contributed by atoms with Gasteiger partial charge in [-0.15, -0.1) is 0 Å². The van der Waals surface area contributed by atoms with Crippen LogP contribution in [-0.2, 0) is 4.79 Å². The number of carbonyl (C=O) groups excluding carboxylic acids is 1. The predicted molar refractivity (Wildman–Crippen MR) is 67.0 cm³/mol. The minimum absolute atomic E-state index is 0.0159. The zero-order valence-electron chi connectivity index (χ0n) is 10.9. The van der Waals surface area contributed by atoms with Gasteiger partial charge in [-0.3, -0.25) is 4.79 Å². The molecule has 0 saturated carbocycles. The third-order valence-electron chi connectivity index (χ3n) is 3.41. The summed E-state index contributed by atoms with van der Waals surface area (Å²) < 4.78 is 0. The molecule has 0 aliphatic carbocycles. The van der Waals surface area contributed by atoms with E-state index in [2.05, 4.69) is 13.8 Å². The molecule has 1 heterocycles. The maximum Gasteiger partial charge on any atom is 0.226 e. The van der Waals surface area contributed by atoms with Crippen LogP contribution in [-0.4, -0.2) is 30.4 Å².